The lowest BCUT2D eigenvalue weighted by molar-refractivity contribution is -0.141. The molecule has 0 radical (unpaired) electrons. The SMILES string of the molecule is CC[C@H](C)[C@H](NC(=O)[C@H](Cc1ccccc1)NC(=O)[C@H](CCC(=O)O)NC(=O)[C@H](Cc1ccc(O)cc1)NC(=O)[C@H](CC(N)=O)NC(=O)[C@H](CC(=O)O)NC(=O)[C@@H](N)Cc1c[nH]c2ccccc12)C(=O)N[C@H](C=O)Cc1c[nH]c2ccccc12. The number of amides is 8. The monoisotopic (exact) mass is 1160 g/mol. The molecule has 0 bridgehead atoms. The molecule has 0 saturated carbocycles. The van der Waals surface area contributed by atoms with E-state index in [1.54, 1.807) is 80.8 Å². The number of hydrogen-bond acceptors (Lipinski definition) is 13. The van der Waals surface area contributed by atoms with Crippen molar-refractivity contribution in [2.24, 2.45) is 17.4 Å². The molecule has 4 aromatic carbocycles. The van der Waals surface area contributed by atoms with Crippen molar-refractivity contribution in [2.45, 2.75) is 120 Å². The van der Waals surface area contributed by atoms with Gasteiger partial charge in [-0.1, -0.05) is 99.1 Å². The highest BCUT2D eigenvalue weighted by atomic mass is 16.4. The van der Waals surface area contributed by atoms with E-state index in [9.17, 15) is 68.1 Å². The van der Waals surface area contributed by atoms with Crippen molar-refractivity contribution in [3.8, 4) is 5.75 Å². The van der Waals surface area contributed by atoms with Gasteiger partial charge in [0.1, 0.15) is 48.3 Å². The van der Waals surface area contributed by atoms with Crippen molar-refractivity contribution < 1.29 is 68.1 Å². The lowest BCUT2D eigenvalue weighted by Crippen LogP contribution is -2.61. The van der Waals surface area contributed by atoms with Crippen LogP contribution in [0.4, 0.5) is 0 Å². The predicted molar refractivity (Wildman–Crippen MR) is 306 cm³/mol. The molecule has 9 atom stereocenters. The normalized spacial score (nSPS) is 14.4. The van der Waals surface area contributed by atoms with Gasteiger partial charge in [0.2, 0.25) is 47.3 Å². The largest absolute Gasteiger partial charge is 0.508 e. The summed E-state index contributed by atoms with van der Waals surface area (Å²) in [5.41, 5.74) is 15.6. The number of H-pyrrole nitrogens is 2. The Balaban J connectivity index is 1.21. The van der Waals surface area contributed by atoms with Crippen molar-refractivity contribution >= 4 is 87.3 Å². The number of rotatable bonds is 32. The molecule has 0 aliphatic heterocycles. The molecule has 84 heavy (non-hydrogen) atoms. The topological polar surface area (TPSA) is 416 Å². The van der Waals surface area contributed by atoms with Gasteiger partial charge >= 0.3 is 11.9 Å². The highest BCUT2D eigenvalue weighted by Gasteiger charge is 2.36. The molecule has 2 aromatic heterocycles. The molecule has 444 valence electrons. The number of carbonyl (C=O) groups excluding carboxylic acids is 9. The molecule has 8 amide bonds. The zero-order chi connectivity index (χ0) is 61.0. The molecule has 2 heterocycles. The number of aromatic hydroxyl groups is 1. The number of aromatic nitrogens is 2. The molecule has 6 rings (SSSR count). The molecular formula is C59H69N11O14. The fourth-order valence-corrected chi connectivity index (χ4v) is 9.36. The minimum Gasteiger partial charge on any atom is -0.508 e. The third-order valence-corrected chi connectivity index (χ3v) is 14.1. The highest BCUT2D eigenvalue weighted by Crippen LogP contribution is 2.21. The number of aliphatic carboxylic acids is 2. The van der Waals surface area contributed by atoms with E-state index in [4.69, 9.17) is 11.5 Å². The van der Waals surface area contributed by atoms with Crippen LogP contribution in [0.5, 0.6) is 5.75 Å². The first kappa shape index (κ1) is 63.3. The summed E-state index contributed by atoms with van der Waals surface area (Å²) in [7, 11) is 0. The number of carbonyl (C=O) groups is 11. The number of nitrogens with two attached hydrogens (primary N) is 2. The Morgan fingerprint density at radius 2 is 0.988 bits per heavy atom. The number of carboxylic acid groups (broad SMARTS) is 2. The van der Waals surface area contributed by atoms with E-state index in [2.05, 4.69) is 47.2 Å². The molecule has 0 aliphatic rings. The van der Waals surface area contributed by atoms with Crippen LogP contribution in [0.3, 0.4) is 0 Å². The number of phenols is 1. The van der Waals surface area contributed by atoms with Crippen LogP contribution in [0, 0.1) is 5.92 Å². The Hall–Kier alpha value is -9.91. The Bertz CT molecular complexity index is 3330. The second-order valence-corrected chi connectivity index (χ2v) is 20.4. The Kier molecular flexibility index (Phi) is 22.8. The Morgan fingerprint density at radius 1 is 0.524 bits per heavy atom. The molecule has 6 aromatic rings. The Morgan fingerprint density at radius 3 is 1.52 bits per heavy atom. The van der Waals surface area contributed by atoms with E-state index in [1.807, 2.05) is 24.3 Å². The molecular weight excluding hydrogens is 1090 g/mol. The number of primary amides is 1. The van der Waals surface area contributed by atoms with E-state index >= 15 is 0 Å². The summed E-state index contributed by atoms with van der Waals surface area (Å²) in [5.74, 6) is -11.9. The van der Waals surface area contributed by atoms with E-state index in [-0.39, 0.29) is 25.0 Å². The highest BCUT2D eigenvalue weighted by molar-refractivity contribution is 6.00. The zero-order valence-electron chi connectivity index (χ0n) is 46.1. The van der Waals surface area contributed by atoms with Gasteiger partial charge in [0.25, 0.3) is 0 Å². The van der Waals surface area contributed by atoms with Crippen molar-refractivity contribution in [1.82, 2.24) is 47.2 Å². The second kappa shape index (κ2) is 30.2. The first-order valence-electron chi connectivity index (χ1n) is 27.1. The van der Waals surface area contributed by atoms with Crippen molar-refractivity contribution in [3.63, 3.8) is 0 Å². The number of para-hydroxylation sites is 2. The summed E-state index contributed by atoms with van der Waals surface area (Å²) >= 11 is 0. The van der Waals surface area contributed by atoms with Crippen LogP contribution in [0.2, 0.25) is 0 Å². The summed E-state index contributed by atoms with van der Waals surface area (Å²) in [4.78, 5) is 154. The maximum absolute atomic E-state index is 14.5. The lowest BCUT2D eigenvalue weighted by atomic mass is 9.96. The summed E-state index contributed by atoms with van der Waals surface area (Å²) < 4.78 is 0. The van der Waals surface area contributed by atoms with Crippen LogP contribution >= 0.6 is 0 Å². The minimum atomic E-state index is -1.92. The number of carboxylic acids is 2. The van der Waals surface area contributed by atoms with Crippen LogP contribution in [-0.4, -0.2) is 139 Å². The number of hydrogen-bond donors (Lipinski definition) is 14. The number of aldehydes is 1. The van der Waals surface area contributed by atoms with E-state index < -0.39 is 146 Å². The fraction of sp³-hybridized carbons (Fsp3) is 0.339. The van der Waals surface area contributed by atoms with Gasteiger partial charge in [0.05, 0.1) is 24.9 Å². The summed E-state index contributed by atoms with van der Waals surface area (Å²) in [5, 5.41) is 48.7. The number of fused-ring (bicyclic) bond motifs is 2. The van der Waals surface area contributed by atoms with Gasteiger partial charge in [-0.25, -0.2) is 0 Å². The molecule has 0 unspecified atom stereocenters. The van der Waals surface area contributed by atoms with Gasteiger partial charge in [0, 0.05) is 59.9 Å². The predicted octanol–water partition coefficient (Wildman–Crippen LogP) is 0.806. The fourth-order valence-electron chi connectivity index (χ4n) is 9.36. The van der Waals surface area contributed by atoms with Gasteiger partial charge in [0.15, 0.2) is 0 Å². The van der Waals surface area contributed by atoms with Gasteiger partial charge < -0.3 is 78.8 Å². The summed E-state index contributed by atoms with van der Waals surface area (Å²) in [6.07, 6.45) is 0.662. The Labute approximate surface area is 481 Å². The summed E-state index contributed by atoms with van der Waals surface area (Å²) in [6, 6.07) is 16.1. The average Bonchev–Trinajstić information content (AvgIpc) is 3.93. The maximum Gasteiger partial charge on any atom is 0.305 e. The zero-order valence-corrected chi connectivity index (χ0v) is 46.1. The first-order chi connectivity index (χ1) is 40.1. The quantitative estimate of drug-likeness (QED) is 0.0260. The molecule has 0 saturated heterocycles. The number of benzene rings is 4. The molecule has 0 spiro atoms. The number of phenolic OH excluding ortho intramolecular Hbond substituents is 1. The van der Waals surface area contributed by atoms with Gasteiger partial charge in [-0.2, -0.15) is 0 Å². The third-order valence-electron chi connectivity index (χ3n) is 14.1. The van der Waals surface area contributed by atoms with E-state index in [0.717, 1.165) is 27.4 Å². The van der Waals surface area contributed by atoms with Crippen molar-refractivity contribution in [2.75, 3.05) is 0 Å². The van der Waals surface area contributed by atoms with Crippen molar-refractivity contribution in [3.05, 3.63) is 138 Å². The van der Waals surface area contributed by atoms with Gasteiger partial charge in [-0.05, 0) is 65.3 Å². The molecule has 16 N–H and O–H groups in total. The summed E-state index contributed by atoms with van der Waals surface area (Å²) in [6.45, 7) is 3.50. The van der Waals surface area contributed by atoms with Gasteiger partial charge in [-0.3, -0.25) is 47.9 Å². The van der Waals surface area contributed by atoms with Crippen LogP contribution < -0.4 is 48.7 Å². The van der Waals surface area contributed by atoms with Crippen LogP contribution in [0.25, 0.3) is 21.8 Å². The van der Waals surface area contributed by atoms with Crippen LogP contribution in [-0.2, 0) is 78.4 Å². The maximum atomic E-state index is 14.5. The van der Waals surface area contributed by atoms with E-state index in [1.165, 1.54) is 24.3 Å². The number of aromatic amines is 2. The first-order valence-corrected chi connectivity index (χ1v) is 27.1. The smallest absolute Gasteiger partial charge is 0.305 e. The molecule has 0 aliphatic carbocycles. The van der Waals surface area contributed by atoms with Crippen LogP contribution in [0.15, 0.2) is 116 Å². The van der Waals surface area contributed by atoms with Crippen molar-refractivity contribution in [1.29, 1.82) is 0 Å². The lowest BCUT2D eigenvalue weighted by Gasteiger charge is -2.29. The average molecular weight is 1160 g/mol. The second-order valence-electron chi connectivity index (χ2n) is 20.4. The van der Waals surface area contributed by atoms with Crippen LogP contribution in [0.1, 0.15) is 68.2 Å². The molecule has 25 nitrogen and oxygen atoms in total. The molecule has 25 heteroatoms. The standard InChI is InChI=1S/C59H69N11O14/c1-3-32(2)52(59(84)64-37(31-71)25-35-29-62-42-15-9-7-13-39(35)42)70-58(83)46(23-33-11-5-4-6-12-33)67-54(79)44(21-22-50(74)75)65-55(80)45(24-34-17-19-38(72)20-18-34)68-56(81)47(27-49(61)73)69-57(82)48(28-51(76)77)66-53(78)41(60)26-36-30-63-43-16-10-8-14-40(36)43/h4-20,29-32,37,41,44-48,52,62-63,72H,3,21-28,60H2,1-2H3,(H2,61,73)(H,64,84)(H,65,80)(H,66,78)(H,67,79)(H,68,81)(H,69,82)(H,70,83)(H,74,75)(H,76,77)/t32-,37-,41-,44-,45-,46-,47-,48-,52-/m0/s1. The third kappa shape index (κ3) is 18.3. The van der Waals surface area contributed by atoms with E-state index in [0.29, 0.717) is 29.4 Å². The van der Waals surface area contributed by atoms with Gasteiger partial charge in [-0.15, -0.1) is 0 Å². The minimum absolute atomic E-state index is 0.0329. The number of nitrogens with one attached hydrogen (secondary N) is 9. The molecule has 0 fully saturated rings.